The molecule has 0 saturated carbocycles. The van der Waals surface area contributed by atoms with E-state index in [1.165, 1.54) is 18.2 Å². The van der Waals surface area contributed by atoms with Gasteiger partial charge < -0.3 is 30.0 Å². The summed E-state index contributed by atoms with van der Waals surface area (Å²) in [5, 5.41) is 17.7. The van der Waals surface area contributed by atoms with Crippen molar-refractivity contribution in [2.45, 2.75) is 19.1 Å². The van der Waals surface area contributed by atoms with Crippen molar-refractivity contribution in [3.8, 4) is 28.9 Å². The van der Waals surface area contributed by atoms with E-state index in [-0.39, 0.29) is 41.2 Å². The van der Waals surface area contributed by atoms with Gasteiger partial charge in [0.25, 0.3) is 5.88 Å². The predicted molar refractivity (Wildman–Crippen MR) is 154 cm³/mol. The van der Waals surface area contributed by atoms with Gasteiger partial charge in [-0.15, -0.1) is 11.8 Å². The summed E-state index contributed by atoms with van der Waals surface area (Å²) in [6.45, 7) is 2.57. The first-order valence-corrected chi connectivity index (χ1v) is 14.1. The first-order valence-electron chi connectivity index (χ1n) is 12.9. The maximum atomic E-state index is 15.6. The normalized spacial score (nSPS) is 18.3. The maximum absolute atomic E-state index is 15.6. The lowest BCUT2D eigenvalue weighted by Crippen LogP contribution is -2.39. The van der Waals surface area contributed by atoms with E-state index < -0.39 is 35.5 Å². The molecule has 0 aliphatic carbocycles. The minimum atomic E-state index is -1.25. The van der Waals surface area contributed by atoms with Crippen molar-refractivity contribution >= 4 is 35.5 Å². The number of phenolic OH excluding ortho intramolecular Hbond substituents is 1. The fourth-order valence-corrected chi connectivity index (χ4v) is 5.69. The molecular formula is C28H28F2N6O5S. The quantitative estimate of drug-likeness (QED) is 0.184. The van der Waals surface area contributed by atoms with E-state index in [9.17, 15) is 14.3 Å². The Hall–Kier alpha value is -4.43. The second kappa shape index (κ2) is 12.2. The molecule has 1 saturated heterocycles. The number of benzene rings is 2. The summed E-state index contributed by atoms with van der Waals surface area (Å²) in [6, 6.07) is 8.42. The van der Waals surface area contributed by atoms with E-state index in [0.29, 0.717) is 29.4 Å². The third-order valence-electron chi connectivity index (χ3n) is 6.67. The third-order valence-corrected chi connectivity index (χ3v) is 7.68. The second-order valence-corrected chi connectivity index (χ2v) is 10.5. The van der Waals surface area contributed by atoms with Gasteiger partial charge >= 0.3 is 5.97 Å². The van der Waals surface area contributed by atoms with Crippen LogP contribution in [0.5, 0.6) is 28.9 Å². The molecule has 4 N–H and O–H groups in total. The fourth-order valence-electron chi connectivity index (χ4n) is 4.52. The summed E-state index contributed by atoms with van der Waals surface area (Å²) in [5.41, 5.74) is 6.94. The molecule has 3 aromatic rings. The van der Waals surface area contributed by atoms with Gasteiger partial charge in [0.15, 0.2) is 17.3 Å². The van der Waals surface area contributed by atoms with Crippen LogP contribution in [0, 0.1) is 17.0 Å². The standard InChI is InChI=1S/C28H28F2N6O5S/c1-3-39-28(38)19-13-42-14-36(19)16-5-7-21(17(11-16)26-33-8-9-35(26)2)40-24-18(29)12-34-27(23(24)30)41-22-10-15(25(31)32)4-6-20(22)37/h4-8,10-12,19,26,37H,3,9,13-14H2,1-2H3,(H3,31,32). The number of nitrogens with one attached hydrogen (secondary N) is 1. The Balaban J connectivity index is 1.50. The van der Waals surface area contributed by atoms with Crippen molar-refractivity contribution in [1.82, 2.24) is 9.88 Å². The van der Waals surface area contributed by atoms with Gasteiger partial charge in [0, 0.05) is 35.3 Å². The number of carbonyl (C=O) groups excluding carboxylic acids is 1. The molecule has 1 aromatic heterocycles. The Morgan fingerprint density at radius 1 is 1.21 bits per heavy atom. The zero-order valence-electron chi connectivity index (χ0n) is 22.7. The lowest BCUT2D eigenvalue weighted by atomic mass is 10.1. The van der Waals surface area contributed by atoms with E-state index in [0.717, 1.165) is 6.20 Å². The van der Waals surface area contributed by atoms with E-state index in [1.54, 1.807) is 43.1 Å². The van der Waals surface area contributed by atoms with E-state index >= 15 is 4.39 Å². The number of hydrogen-bond donors (Lipinski definition) is 3. The minimum absolute atomic E-state index is 0.130. The molecule has 2 aromatic carbocycles. The molecule has 0 bridgehead atoms. The van der Waals surface area contributed by atoms with Gasteiger partial charge in [0.05, 0.1) is 18.7 Å². The lowest BCUT2D eigenvalue weighted by molar-refractivity contribution is -0.144. The van der Waals surface area contributed by atoms with Crippen molar-refractivity contribution in [2.75, 3.05) is 36.7 Å². The van der Waals surface area contributed by atoms with Crippen LogP contribution in [-0.4, -0.2) is 70.9 Å². The smallest absolute Gasteiger partial charge is 0.329 e. The highest BCUT2D eigenvalue weighted by molar-refractivity contribution is 7.99. The first-order chi connectivity index (χ1) is 20.2. The van der Waals surface area contributed by atoms with Crippen LogP contribution in [0.3, 0.4) is 0 Å². The monoisotopic (exact) mass is 598 g/mol. The van der Waals surface area contributed by atoms with Crippen molar-refractivity contribution in [3.63, 3.8) is 0 Å². The number of carbonyl (C=O) groups is 1. The molecule has 3 heterocycles. The molecule has 0 amide bonds. The minimum Gasteiger partial charge on any atom is -0.504 e. The van der Waals surface area contributed by atoms with Crippen LogP contribution in [0.1, 0.15) is 24.2 Å². The molecule has 2 atom stereocenters. The maximum Gasteiger partial charge on any atom is 0.329 e. The largest absolute Gasteiger partial charge is 0.504 e. The number of thioether (sulfide) groups is 1. The van der Waals surface area contributed by atoms with Crippen LogP contribution in [-0.2, 0) is 9.53 Å². The number of esters is 1. The Morgan fingerprint density at radius 2 is 2.02 bits per heavy atom. The number of phenols is 1. The highest BCUT2D eigenvalue weighted by Gasteiger charge is 2.34. The summed E-state index contributed by atoms with van der Waals surface area (Å²) in [7, 11) is 1.85. The third kappa shape index (κ3) is 5.81. The number of anilines is 1. The van der Waals surface area contributed by atoms with Crippen LogP contribution in [0.15, 0.2) is 47.6 Å². The molecule has 2 aliphatic rings. The SMILES string of the molecule is CCOC(=O)C1CSCN1c1ccc(Oc2c(F)cnc(Oc3cc(C(=N)N)ccc3O)c2F)c(C2N=CCN2C)c1. The van der Waals surface area contributed by atoms with Gasteiger partial charge in [-0.25, -0.2) is 14.2 Å². The molecule has 0 radical (unpaired) electrons. The molecule has 220 valence electrons. The van der Waals surface area contributed by atoms with Crippen molar-refractivity contribution in [3.05, 3.63) is 65.4 Å². The summed E-state index contributed by atoms with van der Waals surface area (Å²) in [6.07, 6.45) is 1.96. The van der Waals surface area contributed by atoms with Gasteiger partial charge in [-0.1, -0.05) is 0 Å². The topological polar surface area (TPSA) is 147 Å². The number of aliphatic imine (C=N–C) groups is 1. The number of aromatic nitrogens is 1. The predicted octanol–water partition coefficient (Wildman–Crippen LogP) is 4.39. The molecule has 11 nitrogen and oxygen atoms in total. The zero-order chi connectivity index (χ0) is 30.0. The van der Waals surface area contributed by atoms with Crippen LogP contribution < -0.4 is 20.1 Å². The first kappa shape index (κ1) is 29.1. The van der Waals surface area contributed by atoms with Crippen LogP contribution in [0.4, 0.5) is 14.5 Å². The van der Waals surface area contributed by atoms with Gasteiger partial charge in [0.2, 0.25) is 11.6 Å². The van der Waals surface area contributed by atoms with Gasteiger partial charge in [-0.3, -0.25) is 15.3 Å². The summed E-state index contributed by atoms with van der Waals surface area (Å²) in [4.78, 5) is 24.6. The Morgan fingerprint density at radius 3 is 2.74 bits per heavy atom. The van der Waals surface area contributed by atoms with Crippen molar-refractivity contribution in [2.24, 2.45) is 10.7 Å². The number of rotatable bonds is 9. The highest BCUT2D eigenvalue weighted by atomic mass is 32.2. The number of ether oxygens (including phenoxy) is 3. The molecule has 5 rings (SSSR count). The Bertz CT molecular complexity index is 1560. The summed E-state index contributed by atoms with van der Waals surface area (Å²) in [5.74, 6) is -3.75. The lowest BCUT2D eigenvalue weighted by Gasteiger charge is -2.27. The molecule has 0 spiro atoms. The van der Waals surface area contributed by atoms with E-state index in [2.05, 4.69) is 9.98 Å². The molecule has 2 unspecified atom stereocenters. The van der Waals surface area contributed by atoms with Gasteiger partial charge in [0.1, 0.15) is 23.8 Å². The Kier molecular flexibility index (Phi) is 8.45. The number of nitrogen functional groups attached to an aromatic ring is 1. The zero-order valence-corrected chi connectivity index (χ0v) is 23.5. The molecular weight excluding hydrogens is 570 g/mol. The van der Waals surface area contributed by atoms with E-state index in [1.807, 2.05) is 16.8 Å². The van der Waals surface area contributed by atoms with E-state index in [4.69, 9.17) is 25.4 Å². The van der Waals surface area contributed by atoms with Gasteiger partial charge in [-0.05, 0) is 50.4 Å². The number of aromatic hydroxyl groups is 1. The second-order valence-electron chi connectivity index (χ2n) is 9.46. The van der Waals surface area contributed by atoms with Gasteiger partial charge in [-0.2, -0.15) is 4.39 Å². The number of halogens is 2. The number of amidine groups is 1. The molecule has 1 fully saturated rings. The van der Waals surface area contributed by atoms with Crippen molar-refractivity contribution < 1.29 is 32.9 Å². The fraction of sp³-hybridized carbons (Fsp3) is 0.286. The van der Waals surface area contributed by atoms with Crippen LogP contribution >= 0.6 is 11.8 Å². The number of hydrogen-bond acceptors (Lipinski definition) is 11. The Labute approximate surface area is 244 Å². The average molecular weight is 599 g/mol. The van der Waals surface area contributed by atoms with Crippen LogP contribution in [0.25, 0.3) is 0 Å². The molecule has 42 heavy (non-hydrogen) atoms. The number of pyridine rings is 1. The average Bonchev–Trinajstić information content (AvgIpc) is 3.63. The number of nitrogens with zero attached hydrogens (tertiary/aromatic N) is 4. The molecule has 2 aliphatic heterocycles. The number of nitrogens with two attached hydrogens (primary N) is 1. The highest BCUT2D eigenvalue weighted by Crippen LogP contribution is 2.42. The van der Waals surface area contributed by atoms with Crippen molar-refractivity contribution in [1.29, 1.82) is 5.41 Å². The molecule has 14 heteroatoms. The summed E-state index contributed by atoms with van der Waals surface area (Å²) >= 11 is 1.59. The van der Waals surface area contributed by atoms with Crippen LogP contribution in [0.2, 0.25) is 0 Å². The summed E-state index contributed by atoms with van der Waals surface area (Å²) < 4.78 is 47.1.